The molecule has 0 bridgehead atoms. The molecule has 9 nitrogen and oxygen atoms in total. The van der Waals surface area contributed by atoms with Crippen LogP contribution < -0.4 is 15.8 Å². The minimum absolute atomic E-state index is 0.0503. The van der Waals surface area contributed by atoms with Gasteiger partial charge in [-0.05, 0) is 36.6 Å². The number of nitrogens with one attached hydrogen (secondary N) is 1. The Hall–Kier alpha value is -4.14. The normalized spacial score (nSPS) is 13.8. The second-order valence-corrected chi connectivity index (χ2v) is 8.89. The molecular weight excluding hydrogens is 432 g/mol. The molecule has 0 aliphatic carbocycles. The van der Waals surface area contributed by atoms with Gasteiger partial charge < -0.3 is 15.3 Å². The first-order valence-electron chi connectivity index (χ1n) is 11.1. The zero-order valence-electron chi connectivity index (χ0n) is 19.5. The Bertz CT molecular complexity index is 1480. The lowest BCUT2D eigenvalue weighted by molar-refractivity contribution is 0.0690. The molecule has 174 valence electrons. The van der Waals surface area contributed by atoms with Gasteiger partial charge in [-0.2, -0.15) is 5.10 Å². The minimum Gasteiger partial charge on any atom is -0.476 e. The van der Waals surface area contributed by atoms with Crippen molar-refractivity contribution < 1.29 is 9.90 Å². The van der Waals surface area contributed by atoms with Crippen LogP contribution in [0.4, 0.5) is 11.6 Å². The Kier molecular flexibility index (Phi) is 5.11. The van der Waals surface area contributed by atoms with Crippen molar-refractivity contribution >= 4 is 28.5 Å². The van der Waals surface area contributed by atoms with Crippen LogP contribution in [-0.4, -0.2) is 30.4 Å². The van der Waals surface area contributed by atoms with E-state index in [1.54, 1.807) is 24.9 Å². The van der Waals surface area contributed by atoms with E-state index in [4.69, 9.17) is 4.98 Å². The Balaban J connectivity index is 1.60. The van der Waals surface area contributed by atoms with Crippen molar-refractivity contribution in [1.29, 1.82) is 0 Å². The van der Waals surface area contributed by atoms with E-state index in [1.165, 1.54) is 15.8 Å². The summed E-state index contributed by atoms with van der Waals surface area (Å²) in [7, 11) is 3.43. The molecule has 4 aromatic rings. The number of fused-ring (bicyclic) bond motifs is 2. The Morgan fingerprint density at radius 2 is 1.82 bits per heavy atom. The molecule has 5 rings (SSSR count). The number of anilines is 2. The molecule has 0 radical (unpaired) electrons. The first kappa shape index (κ1) is 21.7. The summed E-state index contributed by atoms with van der Waals surface area (Å²) in [6, 6.07) is 11.8. The van der Waals surface area contributed by atoms with Gasteiger partial charge >= 0.3 is 5.97 Å². The molecular formula is C25H26N6O3. The van der Waals surface area contributed by atoms with Crippen LogP contribution in [0.2, 0.25) is 0 Å². The highest BCUT2D eigenvalue weighted by Gasteiger charge is 2.25. The predicted octanol–water partition coefficient (Wildman–Crippen LogP) is 3.37. The second-order valence-electron chi connectivity index (χ2n) is 8.89. The molecule has 0 spiro atoms. The van der Waals surface area contributed by atoms with Gasteiger partial charge in [0.2, 0.25) is 5.95 Å². The Labute approximate surface area is 196 Å². The van der Waals surface area contributed by atoms with E-state index in [2.05, 4.69) is 27.4 Å². The second kappa shape index (κ2) is 8.02. The Morgan fingerprint density at radius 1 is 1.15 bits per heavy atom. The number of aromatic nitrogens is 4. The van der Waals surface area contributed by atoms with E-state index < -0.39 is 5.97 Å². The summed E-state index contributed by atoms with van der Waals surface area (Å²) in [6.45, 7) is 5.24. The molecule has 3 heterocycles. The number of carboxylic acids is 1. The molecule has 2 aromatic carbocycles. The molecule has 34 heavy (non-hydrogen) atoms. The van der Waals surface area contributed by atoms with Crippen molar-refractivity contribution in [2.45, 2.75) is 33.0 Å². The standard InChI is InChI=1S/C25H26N6O3/c1-14-9-18(15(2)26-20-13-29(3)28-22(20)24(33)34)21-19(10-14)23(32)30(4)25(27-21)31-11-16-7-5-6-8-17(16)12-31/h5-10,13,15,26H,11-12H2,1-4H3,(H,33,34). The molecule has 2 N–H and O–H groups in total. The van der Waals surface area contributed by atoms with Gasteiger partial charge in [-0.25, -0.2) is 9.78 Å². The van der Waals surface area contributed by atoms with Gasteiger partial charge in [-0.3, -0.25) is 14.0 Å². The number of rotatable bonds is 5. The summed E-state index contributed by atoms with van der Waals surface area (Å²) in [5, 5.41) is 17.3. The molecule has 1 unspecified atom stereocenters. The summed E-state index contributed by atoms with van der Waals surface area (Å²) in [5.41, 5.74) is 5.08. The van der Waals surface area contributed by atoms with Crippen LogP contribution in [0.5, 0.6) is 0 Å². The third-order valence-corrected chi connectivity index (χ3v) is 6.32. The number of aryl methyl sites for hydroxylation is 2. The number of aromatic carboxylic acids is 1. The van der Waals surface area contributed by atoms with E-state index in [0.29, 0.717) is 35.6 Å². The summed E-state index contributed by atoms with van der Waals surface area (Å²) in [6.07, 6.45) is 1.64. The first-order chi connectivity index (χ1) is 16.2. The first-order valence-corrected chi connectivity index (χ1v) is 11.1. The average Bonchev–Trinajstić information content (AvgIpc) is 3.39. The van der Waals surface area contributed by atoms with E-state index in [-0.39, 0.29) is 17.3 Å². The van der Waals surface area contributed by atoms with Crippen LogP contribution in [0.25, 0.3) is 10.9 Å². The van der Waals surface area contributed by atoms with E-state index in [0.717, 1.165) is 11.1 Å². The molecule has 0 fully saturated rings. The van der Waals surface area contributed by atoms with Gasteiger partial charge in [0.25, 0.3) is 5.56 Å². The van der Waals surface area contributed by atoms with E-state index in [1.807, 2.05) is 38.1 Å². The SMILES string of the molecule is Cc1cc(C(C)Nc2cn(C)nc2C(=O)O)c2nc(N3Cc4ccccc4C3)n(C)c(=O)c2c1. The molecule has 0 saturated heterocycles. The van der Waals surface area contributed by atoms with Gasteiger partial charge in [0.05, 0.1) is 22.6 Å². The van der Waals surface area contributed by atoms with Gasteiger partial charge in [-0.15, -0.1) is 0 Å². The molecule has 0 saturated carbocycles. The fraction of sp³-hybridized carbons (Fsp3) is 0.280. The van der Waals surface area contributed by atoms with Gasteiger partial charge in [-0.1, -0.05) is 30.3 Å². The lowest BCUT2D eigenvalue weighted by Crippen LogP contribution is -2.28. The maximum atomic E-state index is 13.4. The van der Waals surface area contributed by atoms with Crippen molar-refractivity contribution in [1.82, 2.24) is 19.3 Å². The van der Waals surface area contributed by atoms with Crippen molar-refractivity contribution in [3.05, 3.63) is 80.9 Å². The van der Waals surface area contributed by atoms with Crippen molar-refractivity contribution in [3.63, 3.8) is 0 Å². The number of hydrogen-bond donors (Lipinski definition) is 2. The largest absolute Gasteiger partial charge is 0.476 e. The number of nitrogens with zero attached hydrogens (tertiary/aromatic N) is 5. The van der Waals surface area contributed by atoms with Crippen LogP contribution >= 0.6 is 0 Å². The Morgan fingerprint density at radius 3 is 2.47 bits per heavy atom. The highest BCUT2D eigenvalue weighted by Crippen LogP contribution is 2.31. The fourth-order valence-electron chi connectivity index (χ4n) is 4.69. The van der Waals surface area contributed by atoms with Crippen LogP contribution in [0.1, 0.15) is 45.7 Å². The molecule has 0 amide bonds. The van der Waals surface area contributed by atoms with Crippen LogP contribution in [0, 0.1) is 6.92 Å². The maximum Gasteiger partial charge on any atom is 0.358 e. The third-order valence-electron chi connectivity index (χ3n) is 6.32. The number of benzene rings is 2. The van der Waals surface area contributed by atoms with Crippen LogP contribution in [0.15, 0.2) is 47.4 Å². The lowest BCUT2D eigenvalue weighted by Gasteiger charge is -2.22. The topological polar surface area (TPSA) is 105 Å². The summed E-state index contributed by atoms with van der Waals surface area (Å²) >= 11 is 0. The fourth-order valence-corrected chi connectivity index (χ4v) is 4.69. The maximum absolute atomic E-state index is 13.4. The highest BCUT2D eigenvalue weighted by molar-refractivity contribution is 5.92. The minimum atomic E-state index is -1.10. The molecule has 9 heteroatoms. The predicted molar refractivity (Wildman–Crippen MR) is 130 cm³/mol. The molecule has 2 aromatic heterocycles. The third kappa shape index (κ3) is 3.59. The molecule has 1 aliphatic rings. The van der Waals surface area contributed by atoms with Crippen molar-refractivity contribution in [3.8, 4) is 0 Å². The smallest absolute Gasteiger partial charge is 0.358 e. The molecule has 1 atom stereocenters. The summed E-state index contributed by atoms with van der Waals surface area (Å²) in [5.74, 6) is -0.495. The van der Waals surface area contributed by atoms with Gasteiger partial charge in [0.1, 0.15) is 0 Å². The van der Waals surface area contributed by atoms with Crippen LogP contribution in [-0.2, 0) is 27.2 Å². The van der Waals surface area contributed by atoms with Crippen LogP contribution in [0.3, 0.4) is 0 Å². The monoisotopic (exact) mass is 458 g/mol. The summed E-state index contributed by atoms with van der Waals surface area (Å²) < 4.78 is 3.07. The zero-order valence-corrected chi connectivity index (χ0v) is 19.5. The number of carboxylic acid groups (broad SMARTS) is 1. The number of carbonyl (C=O) groups is 1. The van der Waals surface area contributed by atoms with E-state index in [9.17, 15) is 14.7 Å². The van der Waals surface area contributed by atoms with Crippen molar-refractivity contribution in [2.24, 2.45) is 14.1 Å². The van der Waals surface area contributed by atoms with Gasteiger partial charge in [0.15, 0.2) is 5.69 Å². The van der Waals surface area contributed by atoms with Gasteiger partial charge in [0, 0.05) is 38.9 Å². The zero-order chi connectivity index (χ0) is 24.1. The van der Waals surface area contributed by atoms with Crippen molar-refractivity contribution in [2.75, 3.05) is 10.2 Å². The molecule has 1 aliphatic heterocycles. The lowest BCUT2D eigenvalue weighted by atomic mass is 10.0. The number of hydrogen-bond acceptors (Lipinski definition) is 6. The quantitative estimate of drug-likeness (QED) is 0.472. The summed E-state index contributed by atoms with van der Waals surface area (Å²) in [4.78, 5) is 32.1. The highest BCUT2D eigenvalue weighted by atomic mass is 16.4. The average molecular weight is 459 g/mol. The van der Waals surface area contributed by atoms with E-state index >= 15 is 0 Å².